The first-order valence-electron chi connectivity index (χ1n) is 9.37. The Bertz CT molecular complexity index is 696. The van der Waals surface area contributed by atoms with Crippen LogP contribution in [-0.2, 0) is 11.3 Å². The molecule has 1 amide bonds. The van der Waals surface area contributed by atoms with Crippen LogP contribution in [0.3, 0.4) is 0 Å². The van der Waals surface area contributed by atoms with E-state index in [0.717, 1.165) is 43.8 Å². The van der Waals surface area contributed by atoms with Crippen LogP contribution in [0.15, 0.2) is 41.8 Å². The molecule has 0 saturated carbocycles. The fourth-order valence-corrected chi connectivity index (χ4v) is 4.15. The van der Waals surface area contributed by atoms with Crippen LogP contribution in [0.1, 0.15) is 42.7 Å². The predicted octanol–water partition coefficient (Wildman–Crippen LogP) is 4.33. The molecule has 1 saturated heterocycles. The minimum absolute atomic E-state index is 0.0970. The van der Waals surface area contributed by atoms with E-state index in [9.17, 15) is 4.79 Å². The van der Waals surface area contributed by atoms with Crippen LogP contribution in [0, 0.1) is 0 Å². The average Bonchev–Trinajstić information content (AvgIpc) is 3.22. The number of hydrogen-bond acceptors (Lipinski definition) is 4. The van der Waals surface area contributed by atoms with Crippen LogP contribution in [0.4, 0.5) is 0 Å². The second-order valence-corrected chi connectivity index (χ2v) is 7.92. The first-order valence-corrected chi connectivity index (χ1v) is 10.2. The lowest BCUT2D eigenvalue weighted by Gasteiger charge is -2.27. The second-order valence-electron chi connectivity index (χ2n) is 6.94. The summed E-state index contributed by atoms with van der Waals surface area (Å²) >= 11 is 1.78. The Labute approximate surface area is 160 Å². The molecular weight excluding hydrogens is 344 g/mol. The van der Waals surface area contributed by atoms with Crippen molar-refractivity contribution in [2.75, 3.05) is 26.7 Å². The topological polar surface area (TPSA) is 32.8 Å². The third kappa shape index (κ3) is 4.86. The summed E-state index contributed by atoms with van der Waals surface area (Å²) in [5.41, 5.74) is 1.12. The zero-order valence-corrected chi connectivity index (χ0v) is 16.5. The molecule has 1 unspecified atom stereocenters. The predicted molar refractivity (Wildman–Crippen MR) is 107 cm³/mol. The zero-order valence-electron chi connectivity index (χ0n) is 15.7. The number of likely N-dealkylation sites (tertiary alicyclic amines) is 1. The quantitative estimate of drug-likeness (QED) is 0.725. The zero-order chi connectivity index (χ0) is 18.4. The average molecular weight is 373 g/mol. The Morgan fingerprint density at radius 3 is 2.69 bits per heavy atom. The molecule has 0 N–H and O–H groups in total. The van der Waals surface area contributed by atoms with E-state index in [2.05, 4.69) is 42.5 Å². The van der Waals surface area contributed by atoms with Crippen LogP contribution >= 0.6 is 11.3 Å². The molecule has 0 bridgehead atoms. The molecule has 1 aromatic carbocycles. The van der Waals surface area contributed by atoms with Crippen LogP contribution in [0.25, 0.3) is 0 Å². The number of carbonyl (C=O) groups excluding carboxylic acids is 1. The van der Waals surface area contributed by atoms with Gasteiger partial charge in [-0.05, 0) is 50.7 Å². The second kappa shape index (κ2) is 9.19. The fourth-order valence-electron chi connectivity index (χ4n) is 3.30. The van der Waals surface area contributed by atoms with Crippen LogP contribution < -0.4 is 4.74 Å². The molecule has 2 heterocycles. The molecule has 0 spiro atoms. The Morgan fingerprint density at radius 1 is 1.19 bits per heavy atom. The third-order valence-electron chi connectivity index (χ3n) is 5.07. The van der Waals surface area contributed by atoms with Crippen LogP contribution in [-0.4, -0.2) is 42.5 Å². The molecule has 1 fully saturated rings. The number of piperidine rings is 1. The summed E-state index contributed by atoms with van der Waals surface area (Å²) in [6.45, 7) is 4.86. The minimum Gasteiger partial charge on any atom is -0.483 e. The van der Waals surface area contributed by atoms with E-state index in [0.29, 0.717) is 6.04 Å². The van der Waals surface area contributed by atoms with E-state index in [1.54, 1.807) is 11.3 Å². The molecule has 2 aromatic rings. The number of carbonyl (C=O) groups is 1. The molecule has 4 nitrogen and oxygen atoms in total. The molecule has 1 atom stereocenters. The van der Waals surface area contributed by atoms with Gasteiger partial charge < -0.3 is 9.64 Å². The summed E-state index contributed by atoms with van der Waals surface area (Å²) in [5.74, 6) is 0.905. The number of para-hydroxylation sites is 1. The Morgan fingerprint density at radius 2 is 1.96 bits per heavy atom. The summed E-state index contributed by atoms with van der Waals surface area (Å²) in [5, 5.41) is 2.11. The largest absolute Gasteiger partial charge is 0.483 e. The van der Waals surface area contributed by atoms with Crippen molar-refractivity contribution in [3.05, 3.63) is 52.2 Å². The summed E-state index contributed by atoms with van der Waals surface area (Å²) in [7, 11) is 2.13. The van der Waals surface area contributed by atoms with Crippen molar-refractivity contribution in [2.45, 2.75) is 38.8 Å². The van der Waals surface area contributed by atoms with Crippen molar-refractivity contribution >= 4 is 17.2 Å². The Balaban J connectivity index is 1.59. The maximum Gasteiger partial charge on any atom is 0.260 e. The van der Waals surface area contributed by atoms with E-state index < -0.39 is 0 Å². The summed E-state index contributed by atoms with van der Waals surface area (Å²) in [6, 6.07) is 12.6. The van der Waals surface area contributed by atoms with E-state index >= 15 is 0 Å². The number of ether oxygens (including phenoxy) is 1. The summed E-state index contributed by atoms with van der Waals surface area (Å²) < 4.78 is 5.91. The number of benzene rings is 1. The number of hydrogen-bond donors (Lipinski definition) is 0. The maximum absolute atomic E-state index is 12.4. The van der Waals surface area contributed by atoms with Crippen molar-refractivity contribution in [2.24, 2.45) is 0 Å². The highest BCUT2D eigenvalue weighted by molar-refractivity contribution is 7.10. The first-order chi connectivity index (χ1) is 12.6. The lowest BCUT2D eigenvalue weighted by molar-refractivity contribution is -0.134. The summed E-state index contributed by atoms with van der Waals surface area (Å²) in [4.78, 5) is 17.9. The van der Waals surface area contributed by atoms with Gasteiger partial charge in [0.2, 0.25) is 0 Å². The van der Waals surface area contributed by atoms with Gasteiger partial charge in [-0.15, -0.1) is 11.3 Å². The molecule has 5 heteroatoms. The molecule has 140 valence electrons. The molecular formula is C21H28N2O2S. The highest BCUT2D eigenvalue weighted by Crippen LogP contribution is 2.27. The van der Waals surface area contributed by atoms with Gasteiger partial charge in [0.1, 0.15) is 5.75 Å². The Hall–Kier alpha value is -1.85. The van der Waals surface area contributed by atoms with Gasteiger partial charge >= 0.3 is 0 Å². The van der Waals surface area contributed by atoms with Gasteiger partial charge in [-0.2, -0.15) is 0 Å². The lowest BCUT2D eigenvalue weighted by Crippen LogP contribution is -2.38. The summed E-state index contributed by atoms with van der Waals surface area (Å²) in [6.07, 6.45) is 3.43. The molecule has 0 radical (unpaired) electrons. The van der Waals surface area contributed by atoms with Gasteiger partial charge in [-0.1, -0.05) is 24.3 Å². The number of amides is 1. The normalized spacial score (nSPS) is 15.9. The van der Waals surface area contributed by atoms with Crippen LogP contribution in [0.5, 0.6) is 5.75 Å². The maximum atomic E-state index is 12.4. The molecule has 1 aliphatic heterocycles. The van der Waals surface area contributed by atoms with E-state index in [-0.39, 0.29) is 12.5 Å². The highest BCUT2D eigenvalue weighted by Gasteiger charge is 2.18. The van der Waals surface area contributed by atoms with E-state index in [1.807, 2.05) is 23.1 Å². The first kappa shape index (κ1) is 18.9. The third-order valence-corrected chi connectivity index (χ3v) is 6.11. The van der Waals surface area contributed by atoms with Gasteiger partial charge in [0.05, 0.1) is 0 Å². The van der Waals surface area contributed by atoms with E-state index in [1.165, 1.54) is 11.3 Å². The van der Waals surface area contributed by atoms with Gasteiger partial charge in [0.25, 0.3) is 5.91 Å². The van der Waals surface area contributed by atoms with Crippen molar-refractivity contribution in [3.63, 3.8) is 0 Å². The standard InChI is InChI=1S/C21H28N2O2S/c1-17(20-11-8-14-26-20)22(2)15-18-9-4-5-10-19(18)25-16-21(24)23-12-6-3-7-13-23/h4-5,8-11,14,17H,3,6-7,12-13,15-16H2,1-2H3. The molecule has 1 aromatic heterocycles. The van der Waals surface area contributed by atoms with Gasteiger partial charge in [-0.3, -0.25) is 9.69 Å². The molecule has 1 aliphatic rings. The van der Waals surface area contributed by atoms with Gasteiger partial charge in [0.15, 0.2) is 6.61 Å². The van der Waals surface area contributed by atoms with Gasteiger partial charge in [0, 0.05) is 36.1 Å². The smallest absolute Gasteiger partial charge is 0.260 e. The molecule has 3 rings (SSSR count). The minimum atomic E-state index is 0.0970. The number of nitrogens with zero attached hydrogens (tertiary/aromatic N) is 2. The monoisotopic (exact) mass is 372 g/mol. The number of rotatable bonds is 7. The lowest BCUT2D eigenvalue weighted by atomic mass is 10.1. The van der Waals surface area contributed by atoms with Crippen molar-refractivity contribution < 1.29 is 9.53 Å². The fraction of sp³-hybridized carbons (Fsp3) is 0.476. The van der Waals surface area contributed by atoms with Gasteiger partial charge in [-0.25, -0.2) is 0 Å². The van der Waals surface area contributed by atoms with E-state index in [4.69, 9.17) is 4.74 Å². The van der Waals surface area contributed by atoms with Crippen molar-refractivity contribution in [1.29, 1.82) is 0 Å². The SMILES string of the molecule is CC(c1cccs1)N(C)Cc1ccccc1OCC(=O)N1CCCCC1. The van der Waals surface area contributed by atoms with Crippen LogP contribution in [0.2, 0.25) is 0 Å². The van der Waals surface area contributed by atoms with Crippen molar-refractivity contribution in [3.8, 4) is 5.75 Å². The highest BCUT2D eigenvalue weighted by atomic mass is 32.1. The molecule has 0 aliphatic carbocycles. The molecule has 26 heavy (non-hydrogen) atoms. The van der Waals surface area contributed by atoms with Crippen molar-refractivity contribution in [1.82, 2.24) is 9.80 Å². The number of thiophene rings is 1. The Kier molecular flexibility index (Phi) is 6.69.